The Bertz CT molecular complexity index is 790. The van der Waals surface area contributed by atoms with Crippen LogP contribution in [0.4, 0.5) is 13.2 Å². The number of benzene rings is 1. The van der Waals surface area contributed by atoms with E-state index in [1.165, 1.54) is 0 Å². The second-order valence-electron chi connectivity index (χ2n) is 7.08. The lowest BCUT2D eigenvalue weighted by atomic mass is 10.1. The van der Waals surface area contributed by atoms with Crippen LogP contribution in [0.5, 0.6) is 0 Å². The first-order valence-corrected chi connectivity index (χ1v) is 9.77. The van der Waals surface area contributed by atoms with E-state index in [2.05, 4.69) is 25.5 Å². The highest BCUT2D eigenvalue weighted by Gasteiger charge is 2.30. The van der Waals surface area contributed by atoms with Crippen molar-refractivity contribution in [3.05, 3.63) is 65.5 Å². The minimum Gasteiger partial charge on any atom is -0.357 e. The van der Waals surface area contributed by atoms with E-state index in [0.29, 0.717) is 13.1 Å². The standard InChI is InChI=1S/C21H26F3N5/c1-2-25-20(27-13-18-5-3-4-11-26-18)28-19-10-12-29(15-19)14-16-6-8-17(9-7-16)21(22,23)24/h3-9,11,19H,2,10,12-15H2,1H3,(H2,25,27,28). The van der Waals surface area contributed by atoms with Gasteiger partial charge in [0.25, 0.3) is 0 Å². The van der Waals surface area contributed by atoms with Crippen LogP contribution in [0.15, 0.2) is 53.7 Å². The van der Waals surface area contributed by atoms with E-state index in [9.17, 15) is 13.2 Å². The third-order valence-corrected chi connectivity index (χ3v) is 4.77. The van der Waals surface area contributed by atoms with Gasteiger partial charge in [-0.15, -0.1) is 0 Å². The molecule has 2 aromatic rings. The molecule has 8 heteroatoms. The van der Waals surface area contributed by atoms with Crippen LogP contribution in [-0.4, -0.2) is 41.5 Å². The quantitative estimate of drug-likeness (QED) is 0.571. The SMILES string of the molecule is CCNC(=NCc1ccccn1)NC1CCN(Cc2ccc(C(F)(F)F)cc2)C1. The first-order chi connectivity index (χ1) is 13.9. The Morgan fingerprint density at radius 3 is 2.66 bits per heavy atom. The Hall–Kier alpha value is -2.61. The van der Waals surface area contributed by atoms with Gasteiger partial charge in [-0.05, 0) is 43.2 Å². The number of nitrogens with one attached hydrogen (secondary N) is 2. The molecule has 0 spiro atoms. The number of alkyl halides is 3. The number of likely N-dealkylation sites (tertiary alicyclic amines) is 1. The summed E-state index contributed by atoms with van der Waals surface area (Å²) in [4.78, 5) is 11.1. The number of nitrogens with zero attached hydrogens (tertiary/aromatic N) is 3. The fourth-order valence-electron chi connectivity index (χ4n) is 3.32. The fraction of sp³-hybridized carbons (Fsp3) is 0.429. The molecular weight excluding hydrogens is 379 g/mol. The number of halogens is 3. The molecule has 2 heterocycles. The van der Waals surface area contributed by atoms with Crippen molar-refractivity contribution >= 4 is 5.96 Å². The molecule has 1 aromatic carbocycles. The van der Waals surface area contributed by atoms with Gasteiger partial charge in [-0.25, -0.2) is 4.99 Å². The van der Waals surface area contributed by atoms with E-state index in [-0.39, 0.29) is 6.04 Å². The first kappa shape index (κ1) is 21.1. The number of hydrogen-bond acceptors (Lipinski definition) is 3. The molecule has 29 heavy (non-hydrogen) atoms. The molecule has 1 saturated heterocycles. The summed E-state index contributed by atoms with van der Waals surface area (Å²) in [5.41, 5.74) is 1.18. The zero-order chi connectivity index (χ0) is 20.7. The highest BCUT2D eigenvalue weighted by molar-refractivity contribution is 5.80. The smallest absolute Gasteiger partial charge is 0.357 e. The Balaban J connectivity index is 1.52. The molecule has 0 aliphatic carbocycles. The van der Waals surface area contributed by atoms with Crippen LogP contribution in [0.2, 0.25) is 0 Å². The molecule has 1 unspecified atom stereocenters. The van der Waals surface area contributed by atoms with Gasteiger partial charge in [0.05, 0.1) is 17.8 Å². The second-order valence-corrected chi connectivity index (χ2v) is 7.08. The summed E-state index contributed by atoms with van der Waals surface area (Å²) in [6.07, 6.45) is -1.59. The maximum absolute atomic E-state index is 12.7. The Kier molecular flexibility index (Phi) is 7.09. The van der Waals surface area contributed by atoms with E-state index in [0.717, 1.165) is 55.4 Å². The lowest BCUT2D eigenvalue weighted by molar-refractivity contribution is -0.137. The van der Waals surface area contributed by atoms with E-state index in [1.54, 1.807) is 18.3 Å². The summed E-state index contributed by atoms with van der Waals surface area (Å²) >= 11 is 0. The Morgan fingerprint density at radius 2 is 2.00 bits per heavy atom. The molecule has 1 atom stereocenters. The average Bonchev–Trinajstić information content (AvgIpc) is 3.13. The molecule has 1 fully saturated rings. The summed E-state index contributed by atoms with van der Waals surface area (Å²) in [5, 5.41) is 6.70. The summed E-state index contributed by atoms with van der Waals surface area (Å²) in [6, 6.07) is 11.4. The molecular formula is C21H26F3N5. The van der Waals surface area contributed by atoms with Gasteiger partial charge in [0.15, 0.2) is 5.96 Å². The van der Waals surface area contributed by atoms with Crippen molar-refractivity contribution < 1.29 is 13.2 Å². The predicted molar refractivity (Wildman–Crippen MR) is 107 cm³/mol. The van der Waals surface area contributed by atoms with Crippen molar-refractivity contribution in [2.75, 3.05) is 19.6 Å². The van der Waals surface area contributed by atoms with Crippen molar-refractivity contribution in [2.45, 2.75) is 38.7 Å². The Labute approximate surface area is 169 Å². The van der Waals surface area contributed by atoms with E-state index < -0.39 is 11.7 Å². The Morgan fingerprint density at radius 1 is 1.21 bits per heavy atom. The molecule has 1 aliphatic heterocycles. The first-order valence-electron chi connectivity index (χ1n) is 9.77. The van der Waals surface area contributed by atoms with Crippen LogP contribution in [0.1, 0.15) is 30.2 Å². The van der Waals surface area contributed by atoms with Crippen molar-refractivity contribution in [3.63, 3.8) is 0 Å². The molecule has 0 saturated carbocycles. The number of aromatic nitrogens is 1. The molecule has 0 bridgehead atoms. The zero-order valence-electron chi connectivity index (χ0n) is 16.4. The predicted octanol–water partition coefficient (Wildman–Crippen LogP) is 3.43. The summed E-state index contributed by atoms with van der Waals surface area (Å²) in [6.45, 7) is 5.61. The van der Waals surface area contributed by atoms with Crippen molar-refractivity contribution in [2.24, 2.45) is 4.99 Å². The molecule has 0 amide bonds. The van der Waals surface area contributed by atoms with Gasteiger partial charge < -0.3 is 10.6 Å². The van der Waals surface area contributed by atoms with Crippen LogP contribution in [-0.2, 0) is 19.3 Å². The van der Waals surface area contributed by atoms with Gasteiger partial charge in [-0.1, -0.05) is 18.2 Å². The molecule has 1 aliphatic rings. The molecule has 5 nitrogen and oxygen atoms in total. The van der Waals surface area contributed by atoms with Crippen molar-refractivity contribution in [1.82, 2.24) is 20.5 Å². The second kappa shape index (κ2) is 9.73. The summed E-state index contributed by atoms with van der Waals surface area (Å²) < 4.78 is 38.1. The van der Waals surface area contributed by atoms with Gasteiger partial charge in [-0.2, -0.15) is 13.2 Å². The molecule has 0 radical (unpaired) electrons. The van der Waals surface area contributed by atoms with Crippen molar-refractivity contribution in [1.29, 1.82) is 0 Å². The highest BCUT2D eigenvalue weighted by atomic mass is 19.4. The minimum absolute atomic E-state index is 0.242. The van der Waals surface area contributed by atoms with Crippen LogP contribution in [0, 0.1) is 0 Å². The van der Waals surface area contributed by atoms with Crippen molar-refractivity contribution in [3.8, 4) is 0 Å². The molecule has 1 aromatic heterocycles. The maximum Gasteiger partial charge on any atom is 0.416 e. The fourth-order valence-corrected chi connectivity index (χ4v) is 3.32. The maximum atomic E-state index is 12.7. The normalized spacial score (nSPS) is 18.1. The topological polar surface area (TPSA) is 52.6 Å². The minimum atomic E-state index is -4.29. The number of aliphatic imine (C=N–C) groups is 1. The summed E-state index contributed by atoms with van der Waals surface area (Å²) in [5.74, 6) is 0.750. The lowest BCUT2D eigenvalue weighted by Gasteiger charge is -2.19. The molecule has 2 N–H and O–H groups in total. The van der Waals surface area contributed by atoms with Gasteiger partial charge in [-0.3, -0.25) is 9.88 Å². The lowest BCUT2D eigenvalue weighted by Crippen LogP contribution is -2.44. The van der Waals surface area contributed by atoms with Gasteiger partial charge in [0.2, 0.25) is 0 Å². The summed E-state index contributed by atoms with van der Waals surface area (Å²) in [7, 11) is 0. The van der Waals surface area contributed by atoms with Crippen LogP contribution in [0.25, 0.3) is 0 Å². The third kappa shape index (κ3) is 6.45. The van der Waals surface area contributed by atoms with E-state index in [1.807, 2.05) is 25.1 Å². The van der Waals surface area contributed by atoms with Gasteiger partial charge in [0, 0.05) is 38.4 Å². The van der Waals surface area contributed by atoms with Gasteiger partial charge in [0.1, 0.15) is 0 Å². The average molecular weight is 405 g/mol. The molecule has 156 valence electrons. The number of pyridine rings is 1. The number of rotatable bonds is 6. The number of guanidine groups is 1. The van der Waals surface area contributed by atoms with Crippen LogP contribution < -0.4 is 10.6 Å². The van der Waals surface area contributed by atoms with E-state index >= 15 is 0 Å². The van der Waals surface area contributed by atoms with Gasteiger partial charge >= 0.3 is 6.18 Å². The number of hydrogen-bond donors (Lipinski definition) is 2. The third-order valence-electron chi connectivity index (χ3n) is 4.77. The highest BCUT2D eigenvalue weighted by Crippen LogP contribution is 2.29. The van der Waals surface area contributed by atoms with Crippen LogP contribution >= 0.6 is 0 Å². The van der Waals surface area contributed by atoms with E-state index in [4.69, 9.17) is 0 Å². The van der Waals surface area contributed by atoms with Crippen LogP contribution in [0.3, 0.4) is 0 Å². The monoisotopic (exact) mass is 405 g/mol. The zero-order valence-corrected chi connectivity index (χ0v) is 16.4. The molecule has 3 rings (SSSR count). The largest absolute Gasteiger partial charge is 0.416 e.